The third-order valence-electron chi connectivity index (χ3n) is 2.85. The molecule has 2 heterocycles. The molecule has 0 unspecified atom stereocenters. The van der Waals surface area contributed by atoms with Crippen LogP contribution in [0.1, 0.15) is 0 Å². The van der Waals surface area contributed by atoms with Gasteiger partial charge in [0.1, 0.15) is 5.52 Å². The standard InChI is InChI=1S/C12H12BrN5/c13-7-1-2-8-9-6-18(4-3-14)17-11(9)12(15)16-10(8)5-7/h1-2,5-6H,3-4,14H2,(H2,15,16). The van der Waals surface area contributed by atoms with E-state index in [0.29, 0.717) is 18.9 Å². The number of nitrogen functional groups attached to an aromatic ring is 1. The summed E-state index contributed by atoms with van der Waals surface area (Å²) in [7, 11) is 0. The van der Waals surface area contributed by atoms with Crippen LogP contribution >= 0.6 is 15.9 Å². The average Bonchev–Trinajstić information content (AvgIpc) is 2.74. The summed E-state index contributed by atoms with van der Waals surface area (Å²) in [6.07, 6.45) is 1.97. The van der Waals surface area contributed by atoms with E-state index in [0.717, 1.165) is 26.3 Å². The summed E-state index contributed by atoms with van der Waals surface area (Å²) in [6, 6.07) is 5.95. The third-order valence-corrected chi connectivity index (χ3v) is 3.35. The van der Waals surface area contributed by atoms with Gasteiger partial charge in [-0.3, -0.25) is 4.68 Å². The minimum atomic E-state index is 0.450. The Morgan fingerprint density at radius 1 is 1.28 bits per heavy atom. The van der Waals surface area contributed by atoms with E-state index in [9.17, 15) is 0 Å². The highest BCUT2D eigenvalue weighted by atomic mass is 79.9. The molecular formula is C12H12BrN5. The molecule has 0 aliphatic carbocycles. The van der Waals surface area contributed by atoms with E-state index in [1.807, 2.05) is 29.1 Å². The predicted octanol–water partition coefficient (Wildman–Crippen LogP) is 1.89. The SMILES string of the molecule is NCCn1cc2c(n1)c(N)nc1cc(Br)ccc12. The van der Waals surface area contributed by atoms with Gasteiger partial charge >= 0.3 is 0 Å². The van der Waals surface area contributed by atoms with Gasteiger partial charge in [-0.1, -0.05) is 22.0 Å². The third kappa shape index (κ3) is 1.74. The number of fused-ring (bicyclic) bond motifs is 3. The van der Waals surface area contributed by atoms with Gasteiger partial charge in [0.15, 0.2) is 5.82 Å². The molecule has 0 spiro atoms. The second kappa shape index (κ2) is 4.22. The van der Waals surface area contributed by atoms with Gasteiger partial charge in [-0.25, -0.2) is 4.98 Å². The van der Waals surface area contributed by atoms with Gasteiger partial charge in [0.25, 0.3) is 0 Å². The van der Waals surface area contributed by atoms with Crippen molar-refractivity contribution in [3.63, 3.8) is 0 Å². The fourth-order valence-electron chi connectivity index (χ4n) is 2.06. The molecule has 4 N–H and O–H groups in total. The topological polar surface area (TPSA) is 82.8 Å². The number of benzene rings is 1. The van der Waals surface area contributed by atoms with Gasteiger partial charge in [0.2, 0.25) is 0 Å². The Kier molecular flexibility index (Phi) is 2.68. The fourth-order valence-corrected chi connectivity index (χ4v) is 2.41. The summed E-state index contributed by atoms with van der Waals surface area (Å²) in [6.45, 7) is 1.22. The van der Waals surface area contributed by atoms with E-state index in [4.69, 9.17) is 11.5 Å². The first kappa shape index (κ1) is 11.4. The summed E-state index contributed by atoms with van der Waals surface area (Å²) < 4.78 is 2.79. The van der Waals surface area contributed by atoms with Crippen molar-refractivity contribution in [2.45, 2.75) is 6.54 Å². The maximum Gasteiger partial charge on any atom is 0.152 e. The maximum absolute atomic E-state index is 5.95. The zero-order valence-corrected chi connectivity index (χ0v) is 11.2. The molecule has 2 aromatic heterocycles. The quantitative estimate of drug-likeness (QED) is 0.757. The van der Waals surface area contributed by atoms with Crippen molar-refractivity contribution in [1.82, 2.24) is 14.8 Å². The summed E-state index contributed by atoms with van der Waals surface area (Å²) in [4.78, 5) is 4.38. The predicted molar refractivity (Wildman–Crippen MR) is 76.2 cm³/mol. The highest BCUT2D eigenvalue weighted by molar-refractivity contribution is 9.10. The van der Waals surface area contributed by atoms with Crippen LogP contribution in [0.15, 0.2) is 28.9 Å². The first-order chi connectivity index (χ1) is 8.69. The van der Waals surface area contributed by atoms with E-state index in [1.165, 1.54) is 0 Å². The van der Waals surface area contributed by atoms with Gasteiger partial charge < -0.3 is 11.5 Å². The number of hydrogen-bond acceptors (Lipinski definition) is 4. The molecule has 0 atom stereocenters. The van der Waals surface area contributed by atoms with Crippen molar-refractivity contribution < 1.29 is 0 Å². The largest absolute Gasteiger partial charge is 0.382 e. The molecular weight excluding hydrogens is 294 g/mol. The van der Waals surface area contributed by atoms with E-state index in [-0.39, 0.29) is 0 Å². The Hall–Kier alpha value is -1.66. The van der Waals surface area contributed by atoms with Crippen molar-refractivity contribution in [3.8, 4) is 0 Å². The van der Waals surface area contributed by atoms with Crippen LogP contribution in [0.3, 0.4) is 0 Å². The number of anilines is 1. The highest BCUT2D eigenvalue weighted by Gasteiger charge is 2.10. The number of hydrogen-bond donors (Lipinski definition) is 2. The number of nitrogens with zero attached hydrogens (tertiary/aromatic N) is 3. The maximum atomic E-state index is 5.95. The highest BCUT2D eigenvalue weighted by Crippen LogP contribution is 2.28. The van der Waals surface area contributed by atoms with Crippen LogP contribution in [0, 0.1) is 0 Å². The zero-order valence-electron chi connectivity index (χ0n) is 9.60. The van der Waals surface area contributed by atoms with Crippen LogP contribution in [0.25, 0.3) is 21.8 Å². The lowest BCUT2D eigenvalue weighted by atomic mass is 10.1. The van der Waals surface area contributed by atoms with E-state index >= 15 is 0 Å². The monoisotopic (exact) mass is 305 g/mol. The number of pyridine rings is 1. The van der Waals surface area contributed by atoms with Gasteiger partial charge in [-0.05, 0) is 12.1 Å². The van der Waals surface area contributed by atoms with Gasteiger partial charge in [-0.2, -0.15) is 5.10 Å². The van der Waals surface area contributed by atoms with E-state index < -0.39 is 0 Å². The Morgan fingerprint density at radius 3 is 2.89 bits per heavy atom. The molecule has 0 aliphatic heterocycles. The molecule has 1 aromatic carbocycles. The number of rotatable bonds is 2. The second-order valence-electron chi connectivity index (χ2n) is 4.10. The first-order valence-corrected chi connectivity index (χ1v) is 6.40. The molecule has 3 rings (SSSR count). The number of nitrogens with two attached hydrogens (primary N) is 2. The lowest BCUT2D eigenvalue weighted by Crippen LogP contribution is -2.09. The van der Waals surface area contributed by atoms with Gasteiger partial charge in [-0.15, -0.1) is 0 Å². The van der Waals surface area contributed by atoms with E-state index in [1.54, 1.807) is 0 Å². The van der Waals surface area contributed by atoms with E-state index in [2.05, 4.69) is 26.0 Å². The molecule has 5 nitrogen and oxygen atoms in total. The first-order valence-electron chi connectivity index (χ1n) is 5.61. The smallest absolute Gasteiger partial charge is 0.152 e. The van der Waals surface area contributed by atoms with Crippen LogP contribution in [-0.4, -0.2) is 21.3 Å². The molecule has 0 fully saturated rings. The summed E-state index contributed by atoms with van der Waals surface area (Å²) >= 11 is 3.43. The molecule has 3 aromatic rings. The fraction of sp³-hybridized carbons (Fsp3) is 0.167. The molecule has 92 valence electrons. The second-order valence-corrected chi connectivity index (χ2v) is 5.02. The molecule has 18 heavy (non-hydrogen) atoms. The lowest BCUT2D eigenvalue weighted by Gasteiger charge is -2.01. The average molecular weight is 306 g/mol. The van der Waals surface area contributed by atoms with Crippen molar-refractivity contribution >= 4 is 43.6 Å². The van der Waals surface area contributed by atoms with Crippen molar-refractivity contribution in [2.24, 2.45) is 5.73 Å². The Balaban J connectivity index is 2.37. The van der Waals surface area contributed by atoms with Gasteiger partial charge in [0, 0.05) is 28.0 Å². The Morgan fingerprint density at radius 2 is 2.11 bits per heavy atom. The van der Waals surface area contributed by atoms with Crippen molar-refractivity contribution in [2.75, 3.05) is 12.3 Å². The van der Waals surface area contributed by atoms with Crippen molar-refractivity contribution in [3.05, 3.63) is 28.9 Å². The molecule has 0 saturated heterocycles. The Labute approximate surface area is 112 Å². The Bertz CT molecular complexity index is 734. The molecule has 0 amide bonds. The minimum absolute atomic E-state index is 0.450. The normalized spacial score (nSPS) is 11.4. The minimum Gasteiger partial charge on any atom is -0.382 e. The molecule has 0 bridgehead atoms. The van der Waals surface area contributed by atoms with Crippen LogP contribution < -0.4 is 11.5 Å². The van der Waals surface area contributed by atoms with Crippen LogP contribution in [0.2, 0.25) is 0 Å². The van der Waals surface area contributed by atoms with Gasteiger partial charge in [0.05, 0.1) is 12.1 Å². The molecule has 0 aliphatic rings. The summed E-state index contributed by atoms with van der Waals surface area (Å²) in [5.41, 5.74) is 13.1. The molecule has 6 heteroatoms. The lowest BCUT2D eigenvalue weighted by molar-refractivity contribution is 0.632. The number of halogens is 1. The van der Waals surface area contributed by atoms with Crippen LogP contribution in [0.4, 0.5) is 5.82 Å². The van der Waals surface area contributed by atoms with Crippen LogP contribution in [0.5, 0.6) is 0 Å². The molecule has 0 radical (unpaired) electrons. The summed E-state index contributed by atoms with van der Waals surface area (Å²) in [5.74, 6) is 0.450. The van der Waals surface area contributed by atoms with Crippen molar-refractivity contribution in [1.29, 1.82) is 0 Å². The van der Waals surface area contributed by atoms with Crippen LogP contribution in [-0.2, 0) is 6.54 Å². The number of aromatic nitrogens is 3. The molecule has 0 saturated carbocycles. The zero-order chi connectivity index (χ0) is 12.7. The summed E-state index contributed by atoms with van der Waals surface area (Å²) in [5, 5.41) is 6.47.